The Morgan fingerprint density at radius 1 is 1.35 bits per heavy atom. The molecule has 0 amide bonds. The number of rotatable bonds is 6. The molecule has 0 bridgehead atoms. The first-order valence-electron chi connectivity index (χ1n) is 7.05. The van der Waals surface area contributed by atoms with Gasteiger partial charge in [-0.25, -0.2) is 4.79 Å². The molecular formula is C17H25NO2. The summed E-state index contributed by atoms with van der Waals surface area (Å²) >= 11 is 0. The van der Waals surface area contributed by atoms with Gasteiger partial charge in [0.15, 0.2) is 0 Å². The minimum absolute atomic E-state index is 0.481. The molecule has 0 saturated heterocycles. The number of carbonyl (C=O) groups is 1. The molecular weight excluding hydrogens is 250 g/mol. The number of benzene rings is 1. The minimum atomic E-state index is -0.922. The zero-order valence-corrected chi connectivity index (χ0v) is 13.1. The summed E-state index contributed by atoms with van der Waals surface area (Å²) in [6.07, 6.45) is 3.94. The molecule has 3 nitrogen and oxygen atoms in total. The SMILES string of the molecule is Cc1cc(C=CC(=O)O)ccc1N(C)C(C)CC(C)C. The Bertz CT molecular complexity index is 492. The molecule has 0 aliphatic carbocycles. The van der Waals surface area contributed by atoms with Crippen LogP contribution in [0.25, 0.3) is 6.08 Å². The normalized spacial score (nSPS) is 12.9. The van der Waals surface area contributed by atoms with Crippen LogP contribution in [0.15, 0.2) is 24.3 Å². The molecule has 1 rings (SSSR count). The molecule has 0 aliphatic heterocycles. The van der Waals surface area contributed by atoms with Gasteiger partial charge < -0.3 is 10.0 Å². The smallest absolute Gasteiger partial charge is 0.328 e. The molecule has 20 heavy (non-hydrogen) atoms. The number of carboxylic acid groups (broad SMARTS) is 1. The van der Waals surface area contributed by atoms with Crippen LogP contribution in [0.5, 0.6) is 0 Å². The Morgan fingerprint density at radius 2 is 2.00 bits per heavy atom. The van der Waals surface area contributed by atoms with Gasteiger partial charge in [0.25, 0.3) is 0 Å². The molecule has 1 N–H and O–H groups in total. The average Bonchev–Trinajstić information content (AvgIpc) is 2.34. The Labute approximate surface area is 121 Å². The van der Waals surface area contributed by atoms with Crippen LogP contribution in [0.3, 0.4) is 0 Å². The number of hydrogen-bond donors (Lipinski definition) is 1. The minimum Gasteiger partial charge on any atom is -0.478 e. The van der Waals surface area contributed by atoms with Gasteiger partial charge in [0.1, 0.15) is 0 Å². The third-order valence-corrected chi connectivity index (χ3v) is 3.49. The molecule has 1 atom stereocenters. The molecule has 3 heteroatoms. The van der Waals surface area contributed by atoms with Gasteiger partial charge in [-0.15, -0.1) is 0 Å². The zero-order valence-electron chi connectivity index (χ0n) is 13.1. The van der Waals surface area contributed by atoms with E-state index in [2.05, 4.69) is 45.7 Å². The van der Waals surface area contributed by atoms with E-state index in [4.69, 9.17) is 5.11 Å². The van der Waals surface area contributed by atoms with Crippen LogP contribution in [-0.4, -0.2) is 24.2 Å². The summed E-state index contributed by atoms with van der Waals surface area (Å²) in [7, 11) is 2.11. The highest BCUT2D eigenvalue weighted by molar-refractivity contribution is 5.85. The molecule has 1 unspecified atom stereocenters. The van der Waals surface area contributed by atoms with E-state index in [1.165, 1.54) is 11.8 Å². The van der Waals surface area contributed by atoms with Crippen LogP contribution in [0.1, 0.15) is 38.3 Å². The number of anilines is 1. The van der Waals surface area contributed by atoms with Gasteiger partial charge in [-0.05, 0) is 55.5 Å². The highest BCUT2D eigenvalue weighted by atomic mass is 16.4. The highest BCUT2D eigenvalue weighted by Crippen LogP contribution is 2.24. The second kappa shape index (κ2) is 7.13. The van der Waals surface area contributed by atoms with Crippen LogP contribution in [-0.2, 0) is 4.79 Å². The topological polar surface area (TPSA) is 40.5 Å². The summed E-state index contributed by atoms with van der Waals surface area (Å²) in [5, 5.41) is 8.65. The maximum Gasteiger partial charge on any atom is 0.328 e. The summed E-state index contributed by atoms with van der Waals surface area (Å²) in [5.41, 5.74) is 3.28. The molecule has 1 aromatic rings. The summed E-state index contributed by atoms with van der Waals surface area (Å²) in [4.78, 5) is 12.8. The molecule has 1 aromatic carbocycles. The highest BCUT2D eigenvalue weighted by Gasteiger charge is 2.13. The standard InChI is InChI=1S/C17H25NO2/c1-12(2)10-14(4)18(5)16-8-6-15(11-13(16)3)7-9-17(19)20/h6-9,11-12,14H,10H2,1-5H3,(H,19,20). The van der Waals surface area contributed by atoms with Gasteiger partial charge in [-0.1, -0.05) is 19.9 Å². The first-order valence-corrected chi connectivity index (χ1v) is 7.05. The molecule has 0 radical (unpaired) electrons. The summed E-state index contributed by atoms with van der Waals surface area (Å²) in [6, 6.07) is 6.52. The molecule has 0 aliphatic rings. The quantitative estimate of drug-likeness (QED) is 0.799. The van der Waals surface area contributed by atoms with Gasteiger partial charge in [-0.2, -0.15) is 0 Å². The number of carboxylic acids is 1. The molecule has 0 spiro atoms. The predicted octanol–water partition coefficient (Wildman–Crippen LogP) is 3.96. The van der Waals surface area contributed by atoms with Crippen molar-refractivity contribution in [3.63, 3.8) is 0 Å². The van der Waals surface area contributed by atoms with E-state index in [-0.39, 0.29) is 0 Å². The lowest BCUT2D eigenvalue weighted by atomic mass is 10.0. The summed E-state index contributed by atoms with van der Waals surface area (Å²) in [6.45, 7) is 8.76. The predicted molar refractivity (Wildman–Crippen MR) is 85.2 cm³/mol. The van der Waals surface area contributed by atoms with E-state index in [9.17, 15) is 4.79 Å². The van der Waals surface area contributed by atoms with Crippen LogP contribution < -0.4 is 4.90 Å². The van der Waals surface area contributed by atoms with Crippen LogP contribution >= 0.6 is 0 Å². The first kappa shape index (κ1) is 16.3. The number of aliphatic carboxylic acids is 1. The summed E-state index contributed by atoms with van der Waals surface area (Å²) in [5.74, 6) is -0.250. The third-order valence-electron chi connectivity index (χ3n) is 3.49. The van der Waals surface area contributed by atoms with E-state index in [1.807, 2.05) is 12.1 Å². The van der Waals surface area contributed by atoms with E-state index >= 15 is 0 Å². The monoisotopic (exact) mass is 275 g/mol. The van der Waals surface area contributed by atoms with Crippen LogP contribution in [0, 0.1) is 12.8 Å². The maximum absolute atomic E-state index is 10.5. The van der Waals surface area contributed by atoms with Crippen molar-refractivity contribution in [3.8, 4) is 0 Å². The van der Waals surface area contributed by atoms with Crippen LogP contribution in [0.2, 0.25) is 0 Å². The average molecular weight is 275 g/mol. The molecule has 0 aromatic heterocycles. The van der Waals surface area contributed by atoms with Gasteiger partial charge >= 0.3 is 5.97 Å². The number of hydrogen-bond acceptors (Lipinski definition) is 2. The van der Waals surface area contributed by atoms with Gasteiger partial charge in [0.05, 0.1) is 0 Å². The first-order chi connectivity index (χ1) is 9.31. The largest absolute Gasteiger partial charge is 0.478 e. The van der Waals surface area contributed by atoms with E-state index in [1.54, 1.807) is 6.08 Å². The fraction of sp³-hybridized carbons (Fsp3) is 0.471. The van der Waals surface area contributed by atoms with E-state index in [0.29, 0.717) is 12.0 Å². The van der Waals surface area contributed by atoms with Crippen molar-refractivity contribution in [3.05, 3.63) is 35.4 Å². The van der Waals surface area contributed by atoms with Crippen molar-refractivity contribution < 1.29 is 9.90 Å². The molecule has 0 saturated carbocycles. The fourth-order valence-corrected chi connectivity index (χ4v) is 2.42. The second-order valence-electron chi connectivity index (χ2n) is 5.81. The van der Waals surface area contributed by atoms with Gasteiger partial charge in [-0.3, -0.25) is 0 Å². The lowest BCUT2D eigenvalue weighted by Crippen LogP contribution is -2.30. The molecule has 110 valence electrons. The van der Waals surface area contributed by atoms with Crippen LogP contribution in [0.4, 0.5) is 5.69 Å². The summed E-state index contributed by atoms with van der Waals surface area (Å²) < 4.78 is 0. The van der Waals surface area contributed by atoms with Crippen molar-refractivity contribution in [2.24, 2.45) is 5.92 Å². The number of aryl methyl sites for hydroxylation is 1. The Morgan fingerprint density at radius 3 is 2.50 bits per heavy atom. The Kier molecular flexibility index (Phi) is 5.81. The third kappa shape index (κ3) is 4.72. The lowest BCUT2D eigenvalue weighted by Gasteiger charge is -2.29. The lowest BCUT2D eigenvalue weighted by molar-refractivity contribution is -0.131. The van der Waals surface area contributed by atoms with E-state index < -0.39 is 5.97 Å². The van der Waals surface area contributed by atoms with Crippen molar-refractivity contribution in [2.45, 2.75) is 40.2 Å². The van der Waals surface area contributed by atoms with Crippen molar-refractivity contribution >= 4 is 17.7 Å². The zero-order chi connectivity index (χ0) is 15.3. The van der Waals surface area contributed by atoms with Gasteiger partial charge in [0.2, 0.25) is 0 Å². The van der Waals surface area contributed by atoms with E-state index in [0.717, 1.165) is 17.5 Å². The Balaban J connectivity index is 2.89. The number of nitrogens with zero attached hydrogens (tertiary/aromatic N) is 1. The van der Waals surface area contributed by atoms with Crippen molar-refractivity contribution in [1.29, 1.82) is 0 Å². The van der Waals surface area contributed by atoms with Crippen molar-refractivity contribution in [1.82, 2.24) is 0 Å². The maximum atomic E-state index is 10.5. The Hall–Kier alpha value is -1.77. The second-order valence-corrected chi connectivity index (χ2v) is 5.81. The molecule has 0 heterocycles. The fourth-order valence-electron chi connectivity index (χ4n) is 2.42. The van der Waals surface area contributed by atoms with Gasteiger partial charge in [0, 0.05) is 24.9 Å². The van der Waals surface area contributed by atoms with Crippen molar-refractivity contribution in [2.75, 3.05) is 11.9 Å². The molecule has 0 fully saturated rings.